The third-order valence-corrected chi connectivity index (χ3v) is 6.67. The smallest absolute Gasteiger partial charge is 0.339 e. The first-order chi connectivity index (χ1) is 14.0. The Morgan fingerprint density at radius 1 is 1.03 bits per heavy atom. The number of fused-ring (bicyclic) bond motifs is 1. The van der Waals surface area contributed by atoms with Crippen molar-refractivity contribution >= 4 is 33.4 Å². The third-order valence-electron chi connectivity index (χ3n) is 5.02. The molecule has 2 aromatic rings. The molecule has 0 amide bonds. The van der Waals surface area contributed by atoms with Crippen molar-refractivity contribution in [1.82, 2.24) is 9.80 Å². The maximum Gasteiger partial charge on any atom is 0.339 e. The predicted molar refractivity (Wildman–Crippen MR) is 110 cm³/mol. The van der Waals surface area contributed by atoms with E-state index in [0.29, 0.717) is 41.6 Å². The topological polar surface area (TPSA) is 79.3 Å². The van der Waals surface area contributed by atoms with Crippen molar-refractivity contribution < 1.29 is 17.9 Å². The highest BCUT2D eigenvalue weighted by Crippen LogP contribution is 2.27. The van der Waals surface area contributed by atoms with E-state index in [-0.39, 0.29) is 11.5 Å². The van der Waals surface area contributed by atoms with Crippen LogP contribution in [0, 0.1) is 0 Å². The monoisotopic (exact) mass is 433 g/mol. The van der Waals surface area contributed by atoms with Gasteiger partial charge >= 0.3 is 5.97 Å². The lowest BCUT2D eigenvalue weighted by molar-refractivity contribution is 0.0442. The zero-order chi connectivity index (χ0) is 20.4. The molecule has 2 aliphatic heterocycles. The number of ether oxygens (including phenoxy) is 1. The van der Waals surface area contributed by atoms with E-state index in [4.69, 9.17) is 16.3 Å². The third kappa shape index (κ3) is 4.14. The van der Waals surface area contributed by atoms with E-state index in [2.05, 4.69) is 9.30 Å². The lowest BCUT2D eigenvalue weighted by Crippen LogP contribution is -2.49. The fourth-order valence-electron chi connectivity index (χ4n) is 3.47. The van der Waals surface area contributed by atoms with E-state index in [1.807, 2.05) is 11.0 Å². The first-order valence-electron chi connectivity index (χ1n) is 9.29. The normalized spacial score (nSPS) is 18.2. The van der Waals surface area contributed by atoms with Crippen LogP contribution in [0.2, 0.25) is 5.02 Å². The van der Waals surface area contributed by atoms with Gasteiger partial charge in [-0.05, 0) is 24.3 Å². The van der Waals surface area contributed by atoms with Crippen molar-refractivity contribution in [3.8, 4) is 0 Å². The highest BCUT2D eigenvalue weighted by atomic mass is 35.5. The van der Waals surface area contributed by atoms with Crippen molar-refractivity contribution in [2.75, 3.05) is 39.3 Å². The van der Waals surface area contributed by atoms with Crippen molar-refractivity contribution in [1.29, 1.82) is 0 Å². The van der Waals surface area contributed by atoms with Crippen LogP contribution in [0.3, 0.4) is 0 Å². The Morgan fingerprint density at radius 2 is 1.72 bits per heavy atom. The summed E-state index contributed by atoms with van der Waals surface area (Å²) in [5, 5.41) is 0.374. The highest BCUT2D eigenvalue weighted by molar-refractivity contribution is 7.90. The summed E-state index contributed by atoms with van der Waals surface area (Å²) in [6.45, 7) is 3.63. The molecule has 0 unspecified atom stereocenters. The van der Waals surface area contributed by atoms with E-state index in [9.17, 15) is 13.2 Å². The van der Waals surface area contributed by atoms with Crippen molar-refractivity contribution in [2.45, 2.75) is 4.90 Å². The number of rotatable bonds is 4. The lowest BCUT2D eigenvalue weighted by atomic mass is 10.1. The predicted octanol–water partition coefficient (Wildman–Crippen LogP) is 2.26. The Morgan fingerprint density at radius 3 is 2.48 bits per heavy atom. The van der Waals surface area contributed by atoms with E-state index in [1.54, 1.807) is 42.5 Å². The second-order valence-corrected chi connectivity index (χ2v) is 8.81. The molecule has 2 aromatic carbocycles. The minimum absolute atomic E-state index is 0.266. The van der Waals surface area contributed by atoms with Gasteiger partial charge in [0.05, 0.1) is 10.6 Å². The summed E-state index contributed by atoms with van der Waals surface area (Å²) in [6, 6.07) is 13.7. The van der Waals surface area contributed by atoms with Crippen LogP contribution in [0.15, 0.2) is 57.8 Å². The maximum absolute atomic E-state index is 12.2. The van der Waals surface area contributed by atoms with Gasteiger partial charge in [0.25, 0.3) is 10.0 Å². The molecule has 7 nitrogen and oxygen atoms in total. The van der Waals surface area contributed by atoms with Gasteiger partial charge in [-0.2, -0.15) is 8.42 Å². The number of carbonyl (C=O) groups is 1. The van der Waals surface area contributed by atoms with Crippen LogP contribution in [0.5, 0.6) is 0 Å². The molecule has 0 bridgehead atoms. The maximum atomic E-state index is 12.2. The van der Waals surface area contributed by atoms with Crippen molar-refractivity contribution in [2.24, 2.45) is 4.40 Å². The summed E-state index contributed by atoms with van der Waals surface area (Å²) in [6.07, 6.45) is 0. The van der Waals surface area contributed by atoms with Crippen LogP contribution in [-0.4, -0.2) is 69.4 Å². The van der Waals surface area contributed by atoms with E-state index in [1.165, 1.54) is 0 Å². The number of nitrogens with zero attached hydrogens (tertiary/aromatic N) is 3. The van der Waals surface area contributed by atoms with Gasteiger partial charge in [-0.3, -0.25) is 4.90 Å². The van der Waals surface area contributed by atoms with Gasteiger partial charge < -0.3 is 9.64 Å². The number of sulfonamides is 1. The number of halogens is 1. The molecule has 2 aliphatic rings. The number of amidine groups is 1. The molecule has 0 aliphatic carbocycles. The Labute approximate surface area is 174 Å². The van der Waals surface area contributed by atoms with Crippen LogP contribution in [-0.2, 0) is 14.8 Å². The summed E-state index contributed by atoms with van der Waals surface area (Å²) in [5.74, 6) is 0.0850. The number of hydrogen-bond acceptors (Lipinski definition) is 6. The van der Waals surface area contributed by atoms with Gasteiger partial charge in [-0.1, -0.05) is 35.9 Å². The summed E-state index contributed by atoms with van der Waals surface area (Å²) < 4.78 is 33.8. The summed E-state index contributed by atoms with van der Waals surface area (Å²) in [7, 11) is -3.61. The molecule has 0 atom stereocenters. The lowest BCUT2D eigenvalue weighted by Gasteiger charge is -2.35. The fourth-order valence-corrected chi connectivity index (χ4v) is 4.91. The number of benzene rings is 2. The van der Waals surface area contributed by atoms with Gasteiger partial charge in [-0.15, -0.1) is 4.40 Å². The molecular formula is C20H20ClN3O4S. The first kappa shape index (κ1) is 19.9. The van der Waals surface area contributed by atoms with Gasteiger partial charge in [0.15, 0.2) is 5.84 Å². The zero-order valence-corrected chi connectivity index (χ0v) is 17.2. The zero-order valence-electron chi connectivity index (χ0n) is 15.6. The second-order valence-electron chi connectivity index (χ2n) is 6.83. The number of esters is 1. The molecule has 0 saturated carbocycles. The van der Waals surface area contributed by atoms with Gasteiger partial charge in [0.1, 0.15) is 11.5 Å². The Bertz CT molecular complexity index is 1060. The Hall–Kier alpha value is -2.42. The average molecular weight is 434 g/mol. The van der Waals surface area contributed by atoms with Crippen LogP contribution >= 0.6 is 11.6 Å². The van der Waals surface area contributed by atoms with Crippen LogP contribution in [0.25, 0.3) is 0 Å². The number of hydrogen-bond donors (Lipinski definition) is 0. The van der Waals surface area contributed by atoms with Gasteiger partial charge in [0, 0.05) is 38.3 Å². The summed E-state index contributed by atoms with van der Waals surface area (Å²) in [5.41, 5.74) is 1.02. The summed E-state index contributed by atoms with van der Waals surface area (Å²) >= 11 is 6.01. The molecule has 2 heterocycles. The van der Waals surface area contributed by atoms with Gasteiger partial charge in [0.2, 0.25) is 0 Å². The van der Waals surface area contributed by atoms with Crippen molar-refractivity contribution in [3.63, 3.8) is 0 Å². The minimum Gasteiger partial charge on any atom is -0.461 e. The van der Waals surface area contributed by atoms with E-state index in [0.717, 1.165) is 13.1 Å². The van der Waals surface area contributed by atoms with E-state index >= 15 is 0 Å². The molecule has 9 heteroatoms. The quantitative estimate of drug-likeness (QED) is 0.688. The standard InChI is InChI=1S/C20H20ClN3O4S/c21-17-7-3-1-5-15(17)20(25)28-14-13-23-9-11-24(12-10-23)19-16-6-2-4-8-18(16)29(26,27)22-19/h1-8H,9-14H2. The fraction of sp³-hybridized carbons (Fsp3) is 0.300. The molecule has 0 spiro atoms. The molecule has 1 saturated heterocycles. The minimum atomic E-state index is -3.61. The molecule has 4 rings (SSSR count). The number of piperazine rings is 1. The highest BCUT2D eigenvalue weighted by Gasteiger charge is 2.32. The Kier molecular flexibility index (Phi) is 5.58. The van der Waals surface area contributed by atoms with E-state index < -0.39 is 16.0 Å². The summed E-state index contributed by atoms with van der Waals surface area (Å²) in [4.78, 5) is 16.5. The molecular weight excluding hydrogens is 414 g/mol. The van der Waals surface area contributed by atoms with Crippen LogP contribution in [0.4, 0.5) is 0 Å². The first-order valence-corrected chi connectivity index (χ1v) is 11.1. The molecule has 29 heavy (non-hydrogen) atoms. The molecule has 1 fully saturated rings. The second kappa shape index (κ2) is 8.14. The molecule has 0 radical (unpaired) electrons. The largest absolute Gasteiger partial charge is 0.461 e. The van der Waals surface area contributed by atoms with Crippen molar-refractivity contribution in [3.05, 3.63) is 64.7 Å². The Balaban J connectivity index is 1.30. The van der Waals surface area contributed by atoms with Crippen LogP contribution in [0.1, 0.15) is 15.9 Å². The van der Waals surface area contributed by atoms with Crippen LogP contribution < -0.4 is 0 Å². The average Bonchev–Trinajstić information content (AvgIpc) is 3.00. The molecule has 0 N–H and O–H groups in total. The number of carbonyl (C=O) groups excluding carboxylic acids is 1. The molecule has 0 aromatic heterocycles. The molecule has 152 valence electrons. The SMILES string of the molecule is O=C(OCCN1CCN(C2=NS(=O)(=O)c3ccccc32)CC1)c1ccccc1Cl. The van der Waals surface area contributed by atoms with Gasteiger partial charge in [-0.25, -0.2) is 4.79 Å².